The van der Waals surface area contributed by atoms with E-state index in [1.165, 1.54) is 22.3 Å². The van der Waals surface area contributed by atoms with Crippen LogP contribution >= 0.6 is 0 Å². The minimum absolute atomic E-state index is 0.0524. The van der Waals surface area contributed by atoms with Gasteiger partial charge >= 0.3 is 6.09 Å². The molecule has 0 fully saturated rings. The minimum atomic E-state index is -0.430. The molecule has 1 aliphatic rings. The molecule has 4 rings (SSSR count). The van der Waals surface area contributed by atoms with E-state index in [-0.39, 0.29) is 5.92 Å². The summed E-state index contributed by atoms with van der Waals surface area (Å²) in [5, 5.41) is 11.8. The molecule has 5 heteroatoms. The molecule has 5 nitrogen and oxygen atoms in total. The first kappa shape index (κ1) is 19.4. The third-order valence-electron chi connectivity index (χ3n) is 5.16. The van der Waals surface area contributed by atoms with E-state index in [4.69, 9.17) is 10.00 Å². The zero-order valence-corrected chi connectivity index (χ0v) is 16.4. The number of rotatable bonds is 6. The van der Waals surface area contributed by atoms with Crippen LogP contribution in [-0.2, 0) is 4.74 Å². The molecule has 0 saturated heterocycles. The lowest BCUT2D eigenvalue weighted by Crippen LogP contribution is -2.26. The lowest BCUT2D eigenvalue weighted by atomic mass is 9.98. The molecule has 148 valence electrons. The Morgan fingerprint density at radius 2 is 1.77 bits per heavy atom. The van der Waals surface area contributed by atoms with E-state index in [0.29, 0.717) is 30.8 Å². The van der Waals surface area contributed by atoms with Crippen molar-refractivity contribution >= 4 is 12.2 Å². The maximum absolute atomic E-state index is 12.1. The molecule has 0 aliphatic heterocycles. The summed E-state index contributed by atoms with van der Waals surface area (Å²) in [6.07, 6.45) is 5.51. The number of alkyl carbamates (subject to hydrolysis) is 1. The molecule has 0 radical (unpaired) electrons. The van der Waals surface area contributed by atoms with Gasteiger partial charge in [0.1, 0.15) is 12.7 Å². The number of nitrogens with zero attached hydrogens (tertiary/aromatic N) is 2. The van der Waals surface area contributed by atoms with Gasteiger partial charge in [0.2, 0.25) is 0 Å². The highest BCUT2D eigenvalue weighted by Gasteiger charge is 2.28. The molecule has 2 aromatic carbocycles. The molecule has 30 heavy (non-hydrogen) atoms. The number of fused-ring (bicyclic) bond motifs is 3. The fourth-order valence-corrected chi connectivity index (χ4v) is 3.75. The molecule has 0 unspecified atom stereocenters. The predicted molar refractivity (Wildman–Crippen MR) is 116 cm³/mol. The summed E-state index contributed by atoms with van der Waals surface area (Å²) in [4.78, 5) is 16.3. The smallest absolute Gasteiger partial charge is 0.407 e. The van der Waals surface area contributed by atoms with Crippen LogP contribution in [0.3, 0.4) is 0 Å². The molecular formula is C25H21N3O2. The van der Waals surface area contributed by atoms with Gasteiger partial charge in [0.05, 0.1) is 11.3 Å². The maximum Gasteiger partial charge on any atom is 0.407 e. The molecule has 1 N–H and O–H groups in total. The molecular weight excluding hydrogens is 374 g/mol. The fourth-order valence-electron chi connectivity index (χ4n) is 3.75. The Morgan fingerprint density at radius 1 is 1.07 bits per heavy atom. The topological polar surface area (TPSA) is 75.0 Å². The largest absolute Gasteiger partial charge is 0.449 e. The van der Waals surface area contributed by atoms with Gasteiger partial charge in [0.25, 0.3) is 0 Å². The van der Waals surface area contributed by atoms with E-state index in [1.54, 1.807) is 24.4 Å². The third-order valence-corrected chi connectivity index (χ3v) is 5.16. The molecule has 0 bridgehead atoms. The molecule has 1 aliphatic carbocycles. The van der Waals surface area contributed by atoms with Gasteiger partial charge in [0.15, 0.2) is 0 Å². The Bertz CT molecular complexity index is 1090. The number of carbonyl (C=O) groups excluding carboxylic acids is 1. The third kappa shape index (κ3) is 4.08. The Balaban J connectivity index is 1.29. The summed E-state index contributed by atoms with van der Waals surface area (Å²) in [6.45, 7) is 0.747. The summed E-state index contributed by atoms with van der Waals surface area (Å²) in [5.41, 5.74) is 5.95. The lowest BCUT2D eigenvalue weighted by molar-refractivity contribution is 0.143. The van der Waals surface area contributed by atoms with Gasteiger partial charge in [-0.25, -0.2) is 4.79 Å². The maximum atomic E-state index is 12.1. The summed E-state index contributed by atoms with van der Waals surface area (Å²) >= 11 is 0. The van der Waals surface area contributed by atoms with Crippen LogP contribution in [-0.4, -0.2) is 24.2 Å². The minimum Gasteiger partial charge on any atom is -0.449 e. The van der Waals surface area contributed by atoms with E-state index in [0.717, 1.165) is 0 Å². The molecule has 0 atom stereocenters. The number of nitriles is 1. The predicted octanol–water partition coefficient (Wildman–Crippen LogP) is 4.90. The number of hydrogen-bond donors (Lipinski definition) is 1. The second-order valence-corrected chi connectivity index (χ2v) is 6.99. The van der Waals surface area contributed by atoms with Crippen LogP contribution in [0.25, 0.3) is 17.2 Å². The van der Waals surface area contributed by atoms with E-state index >= 15 is 0 Å². The van der Waals surface area contributed by atoms with Crippen LogP contribution in [0, 0.1) is 11.3 Å². The van der Waals surface area contributed by atoms with Crippen molar-refractivity contribution in [3.8, 4) is 17.2 Å². The Hall–Kier alpha value is -3.91. The van der Waals surface area contributed by atoms with Crippen molar-refractivity contribution in [3.63, 3.8) is 0 Å². The Morgan fingerprint density at radius 3 is 2.47 bits per heavy atom. The van der Waals surface area contributed by atoms with Crippen molar-refractivity contribution in [1.29, 1.82) is 5.26 Å². The number of pyridine rings is 1. The fraction of sp³-hybridized carbons (Fsp3) is 0.160. The Labute approximate surface area is 175 Å². The highest BCUT2D eigenvalue weighted by atomic mass is 16.5. The van der Waals surface area contributed by atoms with Crippen LogP contribution in [0.5, 0.6) is 0 Å². The van der Waals surface area contributed by atoms with Crippen molar-refractivity contribution in [3.05, 3.63) is 95.3 Å². The lowest BCUT2D eigenvalue weighted by Gasteiger charge is -2.14. The standard InChI is InChI=1S/C25H21N3O2/c26-16-18-8-7-15-27-24(18)13-5-6-14-28-25(29)30-17-23-21-11-3-1-9-19(21)20-10-2-4-12-22(20)23/h1-5,7-13,15,23H,6,14,17H2,(H,28,29). The van der Waals surface area contributed by atoms with Crippen LogP contribution < -0.4 is 5.32 Å². The summed E-state index contributed by atoms with van der Waals surface area (Å²) in [7, 11) is 0. The number of hydrogen-bond acceptors (Lipinski definition) is 4. The van der Waals surface area contributed by atoms with Gasteiger partial charge in [-0.15, -0.1) is 0 Å². The van der Waals surface area contributed by atoms with E-state index in [9.17, 15) is 4.79 Å². The molecule has 0 spiro atoms. The zero-order valence-electron chi connectivity index (χ0n) is 16.4. The molecule has 0 saturated carbocycles. The van der Waals surface area contributed by atoms with Crippen LogP contribution in [0.15, 0.2) is 72.9 Å². The number of aromatic nitrogens is 1. The highest BCUT2D eigenvalue weighted by molar-refractivity contribution is 5.79. The first-order valence-electron chi connectivity index (χ1n) is 9.88. The molecule has 1 heterocycles. The van der Waals surface area contributed by atoms with Crippen molar-refractivity contribution in [2.75, 3.05) is 13.2 Å². The molecule has 3 aromatic rings. The number of amides is 1. The van der Waals surface area contributed by atoms with Crippen molar-refractivity contribution in [2.45, 2.75) is 12.3 Å². The van der Waals surface area contributed by atoms with Gasteiger partial charge in [-0.05, 0) is 46.9 Å². The molecule has 1 aromatic heterocycles. The SMILES string of the molecule is N#Cc1cccnc1C=CCCNC(=O)OCC1c2ccccc2-c2ccccc21. The van der Waals surface area contributed by atoms with Crippen LogP contribution in [0.1, 0.15) is 34.7 Å². The van der Waals surface area contributed by atoms with Crippen molar-refractivity contribution in [1.82, 2.24) is 10.3 Å². The van der Waals surface area contributed by atoms with E-state index < -0.39 is 6.09 Å². The Kier molecular flexibility index (Phi) is 5.86. The van der Waals surface area contributed by atoms with E-state index in [1.807, 2.05) is 30.3 Å². The van der Waals surface area contributed by atoms with Crippen LogP contribution in [0.4, 0.5) is 4.79 Å². The normalized spacial score (nSPS) is 12.2. The van der Waals surface area contributed by atoms with Gasteiger partial charge < -0.3 is 10.1 Å². The monoisotopic (exact) mass is 395 g/mol. The van der Waals surface area contributed by atoms with Crippen LogP contribution in [0.2, 0.25) is 0 Å². The average molecular weight is 395 g/mol. The number of ether oxygens (including phenoxy) is 1. The summed E-state index contributed by atoms with van der Waals surface area (Å²) in [5.74, 6) is 0.0524. The highest BCUT2D eigenvalue weighted by Crippen LogP contribution is 2.44. The van der Waals surface area contributed by atoms with Gasteiger partial charge in [0, 0.05) is 18.7 Å². The number of nitrogens with one attached hydrogen (secondary N) is 1. The van der Waals surface area contributed by atoms with Crippen molar-refractivity contribution < 1.29 is 9.53 Å². The quantitative estimate of drug-likeness (QED) is 0.603. The van der Waals surface area contributed by atoms with Gasteiger partial charge in [-0.1, -0.05) is 54.6 Å². The van der Waals surface area contributed by atoms with Gasteiger partial charge in [-0.3, -0.25) is 4.98 Å². The first-order chi connectivity index (χ1) is 14.8. The second-order valence-electron chi connectivity index (χ2n) is 6.99. The van der Waals surface area contributed by atoms with E-state index in [2.05, 4.69) is 40.6 Å². The summed E-state index contributed by atoms with van der Waals surface area (Å²) < 4.78 is 5.51. The molecule has 1 amide bonds. The number of carbonyl (C=O) groups is 1. The first-order valence-corrected chi connectivity index (χ1v) is 9.88. The zero-order chi connectivity index (χ0) is 20.8. The van der Waals surface area contributed by atoms with Crippen molar-refractivity contribution in [2.24, 2.45) is 0 Å². The van der Waals surface area contributed by atoms with Gasteiger partial charge in [-0.2, -0.15) is 5.26 Å². The summed E-state index contributed by atoms with van der Waals surface area (Å²) in [6, 6.07) is 22.1. The number of benzene rings is 2. The average Bonchev–Trinajstić information content (AvgIpc) is 3.11. The second kappa shape index (κ2) is 9.06.